The van der Waals surface area contributed by atoms with Crippen LogP contribution < -0.4 is 10.1 Å². The van der Waals surface area contributed by atoms with Gasteiger partial charge in [-0.25, -0.2) is 0 Å². The first-order valence-corrected chi connectivity index (χ1v) is 11.2. The van der Waals surface area contributed by atoms with Crippen LogP contribution in [0.4, 0.5) is 5.69 Å². The van der Waals surface area contributed by atoms with Gasteiger partial charge in [0.2, 0.25) is 0 Å². The summed E-state index contributed by atoms with van der Waals surface area (Å²) in [6.45, 7) is 3.48. The first kappa shape index (κ1) is 22.1. The Morgan fingerprint density at radius 2 is 2.03 bits per heavy atom. The number of H-pyrrole nitrogens is 1. The van der Waals surface area contributed by atoms with Crippen molar-refractivity contribution in [1.82, 2.24) is 14.9 Å². The molecule has 4 aromatic rings. The Balaban J connectivity index is 1.58. The van der Waals surface area contributed by atoms with Crippen molar-refractivity contribution in [2.75, 3.05) is 19.0 Å². The number of methoxy groups -OCH3 is 1. The van der Waals surface area contributed by atoms with Crippen LogP contribution in [-0.4, -0.2) is 33.6 Å². The number of benzene rings is 2. The smallest absolute Gasteiger partial charge is 0.173 e. The number of nitrogens with zero attached hydrogens (tertiary/aromatic N) is 2. The summed E-state index contributed by atoms with van der Waals surface area (Å²) < 4.78 is 5.47. The van der Waals surface area contributed by atoms with Gasteiger partial charge in [-0.3, -0.25) is 4.98 Å². The van der Waals surface area contributed by atoms with Crippen LogP contribution in [0.2, 0.25) is 5.02 Å². The van der Waals surface area contributed by atoms with Gasteiger partial charge in [0.15, 0.2) is 5.11 Å². The minimum absolute atomic E-state index is 0.633. The Hall–Kier alpha value is -3.09. The number of aromatic amines is 1. The molecule has 2 heterocycles. The quantitative estimate of drug-likeness (QED) is 0.330. The highest BCUT2D eigenvalue weighted by molar-refractivity contribution is 7.80. The lowest BCUT2D eigenvalue weighted by Crippen LogP contribution is -2.36. The van der Waals surface area contributed by atoms with E-state index in [2.05, 4.69) is 33.2 Å². The second kappa shape index (κ2) is 10.0. The van der Waals surface area contributed by atoms with Crippen molar-refractivity contribution >= 4 is 45.5 Å². The van der Waals surface area contributed by atoms with Crippen molar-refractivity contribution in [3.63, 3.8) is 0 Å². The average molecular weight is 465 g/mol. The monoisotopic (exact) mass is 464 g/mol. The highest BCUT2D eigenvalue weighted by atomic mass is 35.5. The molecule has 0 aliphatic rings. The van der Waals surface area contributed by atoms with Crippen molar-refractivity contribution < 1.29 is 4.74 Å². The van der Waals surface area contributed by atoms with Crippen LogP contribution in [0.5, 0.6) is 5.75 Å². The molecule has 0 aliphatic carbocycles. The first-order chi connectivity index (χ1) is 15.5. The van der Waals surface area contributed by atoms with Crippen molar-refractivity contribution in [2.45, 2.75) is 19.9 Å². The molecule has 2 aromatic carbocycles. The Labute approximate surface area is 198 Å². The molecule has 0 atom stereocenters. The number of nitrogens with one attached hydrogen (secondary N) is 2. The van der Waals surface area contributed by atoms with E-state index < -0.39 is 0 Å². The lowest BCUT2D eigenvalue weighted by Gasteiger charge is -2.26. The molecule has 7 heteroatoms. The second-order valence-electron chi connectivity index (χ2n) is 7.58. The van der Waals surface area contributed by atoms with Gasteiger partial charge in [0.1, 0.15) is 5.75 Å². The van der Waals surface area contributed by atoms with Gasteiger partial charge in [0.25, 0.3) is 0 Å². The van der Waals surface area contributed by atoms with E-state index in [0.717, 1.165) is 51.6 Å². The number of ether oxygens (including phenoxy) is 1. The summed E-state index contributed by atoms with van der Waals surface area (Å²) in [5.74, 6) is 0.748. The number of rotatable bonds is 7. The fourth-order valence-corrected chi connectivity index (χ4v) is 4.27. The molecule has 0 saturated carbocycles. The maximum absolute atomic E-state index is 6.27. The number of para-hydroxylation sites is 2. The zero-order valence-corrected chi connectivity index (χ0v) is 19.6. The molecule has 2 N–H and O–H groups in total. The van der Waals surface area contributed by atoms with Crippen molar-refractivity contribution in [1.29, 1.82) is 0 Å². The van der Waals surface area contributed by atoms with Crippen LogP contribution in [0.1, 0.15) is 16.8 Å². The number of thiocarbonyl (C=S) groups is 1. The lowest BCUT2D eigenvalue weighted by molar-refractivity contribution is 0.413. The number of pyridine rings is 1. The van der Waals surface area contributed by atoms with Crippen LogP contribution in [0.3, 0.4) is 0 Å². The number of aryl methyl sites for hydroxylation is 1. The van der Waals surface area contributed by atoms with E-state index in [9.17, 15) is 0 Å². The topological polar surface area (TPSA) is 53.2 Å². The molecule has 5 nitrogen and oxygen atoms in total. The Kier molecular flexibility index (Phi) is 6.93. The third-order valence-corrected chi connectivity index (χ3v) is 6.04. The number of halogens is 1. The molecule has 0 fully saturated rings. The largest absolute Gasteiger partial charge is 0.495 e. The summed E-state index contributed by atoms with van der Waals surface area (Å²) in [6.07, 6.45) is 4.47. The molecule has 0 amide bonds. The SMILES string of the molecule is COc1ccccc1NC(=S)N(CCc1c(C)[nH]c2ccc(Cl)cc12)Cc1cccnc1. The fraction of sp³-hybridized carbons (Fsp3) is 0.200. The van der Waals surface area contributed by atoms with E-state index in [0.29, 0.717) is 11.7 Å². The molecule has 164 valence electrons. The Bertz CT molecular complexity index is 1230. The highest BCUT2D eigenvalue weighted by Gasteiger charge is 2.16. The summed E-state index contributed by atoms with van der Waals surface area (Å²) in [7, 11) is 1.65. The molecule has 0 spiro atoms. The minimum Gasteiger partial charge on any atom is -0.495 e. The molecule has 32 heavy (non-hydrogen) atoms. The Morgan fingerprint density at radius 1 is 1.19 bits per heavy atom. The highest BCUT2D eigenvalue weighted by Crippen LogP contribution is 2.27. The third-order valence-electron chi connectivity index (χ3n) is 5.45. The molecule has 0 radical (unpaired) electrons. The molecule has 0 saturated heterocycles. The number of hydrogen-bond acceptors (Lipinski definition) is 3. The van der Waals surface area contributed by atoms with Crippen LogP contribution in [0.25, 0.3) is 10.9 Å². The average Bonchev–Trinajstić information content (AvgIpc) is 3.11. The Morgan fingerprint density at radius 3 is 2.81 bits per heavy atom. The molecule has 0 aliphatic heterocycles. The summed E-state index contributed by atoms with van der Waals surface area (Å²) in [4.78, 5) is 9.87. The molecule has 2 aromatic heterocycles. The fourth-order valence-electron chi connectivity index (χ4n) is 3.83. The van der Waals surface area contributed by atoms with Gasteiger partial charge in [0.05, 0.1) is 12.8 Å². The van der Waals surface area contributed by atoms with Crippen LogP contribution in [0.15, 0.2) is 67.0 Å². The van der Waals surface area contributed by atoms with E-state index in [4.69, 9.17) is 28.6 Å². The van der Waals surface area contributed by atoms with Crippen molar-refractivity contribution in [3.8, 4) is 5.75 Å². The van der Waals surface area contributed by atoms with E-state index >= 15 is 0 Å². The zero-order valence-electron chi connectivity index (χ0n) is 18.1. The number of fused-ring (bicyclic) bond motifs is 1. The van der Waals surface area contributed by atoms with E-state index in [1.165, 1.54) is 5.56 Å². The van der Waals surface area contributed by atoms with Crippen molar-refractivity contribution in [3.05, 3.63) is 88.8 Å². The summed E-state index contributed by atoms with van der Waals surface area (Å²) in [5.41, 5.74) is 5.42. The van der Waals surface area contributed by atoms with Crippen LogP contribution in [-0.2, 0) is 13.0 Å². The van der Waals surface area contributed by atoms with Crippen LogP contribution in [0, 0.1) is 6.92 Å². The van der Waals surface area contributed by atoms with Gasteiger partial charge >= 0.3 is 0 Å². The van der Waals surface area contributed by atoms with E-state index in [1.54, 1.807) is 13.3 Å². The molecule has 0 unspecified atom stereocenters. The van der Waals surface area contributed by atoms with Crippen LogP contribution >= 0.6 is 23.8 Å². The van der Waals surface area contributed by atoms with Gasteiger partial charge in [-0.15, -0.1) is 0 Å². The maximum atomic E-state index is 6.27. The van der Waals surface area contributed by atoms with Gasteiger partial charge < -0.3 is 19.9 Å². The number of aromatic nitrogens is 2. The predicted molar refractivity (Wildman–Crippen MR) is 136 cm³/mol. The summed E-state index contributed by atoms with van der Waals surface area (Å²) >= 11 is 12.1. The van der Waals surface area contributed by atoms with E-state index in [1.807, 2.05) is 54.7 Å². The summed E-state index contributed by atoms with van der Waals surface area (Å²) in [5, 5.41) is 5.88. The summed E-state index contributed by atoms with van der Waals surface area (Å²) in [6, 6.07) is 17.7. The van der Waals surface area contributed by atoms with Gasteiger partial charge in [-0.05, 0) is 73.1 Å². The van der Waals surface area contributed by atoms with Gasteiger partial charge in [-0.2, -0.15) is 0 Å². The molecular weight excluding hydrogens is 440 g/mol. The molecule has 0 bridgehead atoms. The van der Waals surface area contributed by atoms with Gasteiger partial charge in [0, 0.05) is 47.1 Å². The predicted octanol–water partition coefficient (Wildman–Crippen LogP) is 5.98. The third kappa shape index (κ3) is 5.03. The second-order valence-corrected chi connectivity index (χ2v) is 8.40. The van der Waals surface area contributed by atoms with E-state index in [-0.39, 0.29) is 0 Å². The lowest BCUT2D eigenvalue weighted by atomic mass is 10.1. The standard InChI is InChI=1S/C25H25ClN4OS/c1-17-20(21-14-19(26)9-10-22(21)28-17)11-13-30(16-18-6-5-12-27-15-18)25(32)29-23-7-3-4-8-24(23)31-2/h3-10,12,14-15,28H,11,13,16H2,1-2H3,(H,29,32). The van der Waals surface area contributed by atoms with Crippen molar-refractivity contribution in [2.24, 2.45) is 0 Å². The molecular formula is C25H25ClN4OS. The zero-order chi connectivity index (χ0) is 22.5. The number of hydrogen-bond donors (Lipinski definition) is 2. The van der Waals surface area contributed by atoms with Gasteiger partial charge in [-0.1, -0.05) is 29.8 Å². The first-order valence-electron chi connectivity index (χ1n) is 10.4. The normalized spacial score (nSPS) is 10.8. The number of anilines is 1. The maximum Gasteiger partial charge on any atom is 0.173 e. The minimum atomic E-state index is 0.633. The molecule has 4 rings (SSSR count).